The average molecular weight is 225 g/mol. The lowest BCUT2D eigenvalue weighted by Gasteiger charge is -2.21. The number of carbonyl (C=O) groups is 1. The first-order valence-corrected chi connectivity index (χ1v) is 6.23. The van der Waals surface area contributed by atoms with Crippen LogP contribution in [0, 0.1) is 0 Å². The zero-order chi connectivity index (χ0) is 10.7. The normalized spacial score (nSPS) is 21.5. The summed E-state index contributed by atoms with van der Waals surface area (Å²) in [7, 11) is 1.92. The van der Waals surface area contributed by atoms with Gasteiger partial charge in [-0.1, -0.05) is 0 Å². The lowest BCUT2D eigenvalue weighted by molar-refractivity contribution is -0.120. The van der Waals surface area contributed by atoms with Crippen molar-refractivity contribution in [3.63, 3.8) is 0 Å². The smallest absolute Gasteiger partial charge is 0.158 e. The van der Waals surface area contributed by atoms with E-state index in [4.69, 9.17) is 0 Å². The van der Waals surface area contributed by atoms with E-state index >= 15 is 0 Å². The van der Waals surface area contributed by atoms with Gasteiger partial charge in [-0.3, -0.25) is 4.79 Å². The first kappa shape index (κ1) is 10.7. The molecular formula is C10H15N3OS. The van der Waals surface area contributed by atoms with Gasteiger partial charge in [-0.2, -0.15) is 11.8 Å². The Kier molecular flexibility index (Phi) is 3.43. The number of rotatable bonds is 3. The summed E-state index contributed by atoms with van der Waals surface area (Å²) in [6.07, 6.45) is 4.03. The van der Waals surface area contributed by atoms with E-state index in [1.807, 2.05) is 29.6 Å². The Morgan fingerprint density at radius 2 is 2.67 bits per heavy atom. The Morgan fingerprint density at radius 1 is 1.80 bits per heavy atom. The third kappa shape index (κ3) is 2.60. The quantitative estimate of drug-likeness (QED) is 0.800. The van der Waals surface area contributed by atoms with Crippen LogP contribution < -0.4 is 5.32 Å². The Bertz CT molecular complexity index is 344. The molecule has 2 rings (SSSR count). The van der Waals surface area contributed by atoms with Crippen molar-refractivity contribution in [1.29, 1.82) is 0 Å². The summed E-state index contributed by atoms with van der Waals surface area (Å²) < 4.78 is 1.90. The van der Waals surface area contributed by atoms with Crippen molar-refractivity contribution in [1.82, 2.24) is 14.9 Å². The summed E-state index contributed by atoms with van der Waals surface area (Å²) >= 11 is 1.84. The van der Waals surface area contributed by atoms with Crippen LogP contribution in [0.1, 0.15) is 5.82 Å². The number of hydrogen-bond donors (Lipinski definition) is 1. The van der Waals surface area contributed by atoms with Crippen molar-refractivity contribution in [2.24, 2.45) is 7.05 Å². The van der Waals surface area contributed by atoms with Crippen LogP contribution in [-0.4, -0.2) is 39.4 Å². The molecule has 2 heterocycles. The van der Waals surface area contributed by atoms with Crippen LogP contribution in [0.5, 0.6) is 0 Å². The highest BCUT2D eigenvalue weighted by Gasteiger charge is 2.21. The lowest BCUT2D eigenvalue weighted by atomic mass is 10.1. The van der Waals surface area contributed by atoms with E-state index in [9.17, 15) is 4.79 Å². The molecule has 5 heteroatoms. The monoisotopic (exact) mass is 225 g/mol. The van der Waals surface area contributed by atoms with E-state index in [2.05, 4.69) is 10.3 Å². The molecule has 0 aromatic carbocycles. The molecule has 0 spiro atoms. The molecule has 1 aliphatic rings. The topological polar surface area (TPSA) is 46.9 Å². The third-order valence-electron chi connectivity index (χ3n) is 2.56. The second kappa shape index (κ2) is 4.81. The van der Waals surface area contributed by atoms with E-state index in [-0.39, 0.29) is 11.8 Å². The van der Waals surface area contributed by atoms with Crippen LogP contribution in [0.2, 0.25) is 0 Å². The second-order valence-electron chi connectivity index (χ2n) is 3.68. The Hall–Kier alpha value is -0.810. The predicted molar refractivity (Wildman–Crippen MR) is 61.0 cm³/mol. The number of nitrogens with one attached hydrogen (secondary N) is 1. The Morgan fingerprint density at radius 3 is 3.27 bits per heavy atom. The number of thioether (sulfide) groups is 1. The van der Waals surface area contributed by atoms with Gasteiger partial charge >= 0.3 is 0 Å². The summed E-state index contributed by atoms with van der Waals surface area (Å²) in [6, 6.07) is 0.0143. The fraction of sp³-hybridized carbons (Fsp3) is 0.600. The van der Waals surface area contributed by atoms with Crippen LogP contribution in [0.25, 0.3) is 0 Å². The molecule has 15 heavy (non-hydrogen) atoms. The molecule has 0 radical (unpaired) electrons. The first-order valence-electron chi connectivity index (χ1n) is 5.07. The summed E-state index contributed by atoms with van der Waals surface area (Å²) in [5, 5.41) is 3.24. The van der Waals surface area contributed by atoms with Gasteiger partial charge in [-0.25, -0.2) is 4.98 Å². The number of imidazole rings is 1. The fourth-order valence-electron chi connectivity index (χ4n) is 1.62. The fourth-order valence-corrected chi connectivity index (χ4v) is 2.59. The van der Waals surface area contributed by atoms with Gasteiger partial charge in [0, 0.05) is 37.5 Å². The van der Waals surface area contributed by atoms with E-state index in [0.717, 1.165) is 23.9 Å². The van der Waals surface area contributed by atoms with Crippen LogP contribution in [-0.2, 0) is 18.3 Å². The molecule has 82 valence electrons. The maximum atomic E-state index is 11.9. The standard InChI is InChI=1S/C10H15N3OS/c1-13-4-2-12-10(13)6-9(14)8-7-15-5-3-11-8/h2,4,8,11H,3,5-7H2,1H3. The van der Waals surface area contributed by atoms with Gasteiger partial charge in [0.25, 0.3) is 0 Å². The Balaban J connectivity index is 1.94. The van der Waals surface area contributed by atoms with E-state index in [1.165, 1.54) is 0 Å². The van der Waals surface area contributed by atoms with Gasteiger partial charge in [-0.05, 0) is 0 Å². The van der Waals surface area contributed by atoms with Gasteiger partial charge in [0.15, 0.2) is 5.78 Å². The van der Waals surface area contributed by atoms with Crippen molar-refractivity contribution in [2.75, 3.05) is 18.1 Å². The van der Waals surface area contributed by atoms with Gasteiger partial charge < -0.3 is 9.88 Å². The average Bonchev–Trinajstić information content (AvgIpc) is 2.66. The van der Waals surface area contributed by atoms with Crippen molar-refractivity contribution in [3.05, 3.63) is 18.2 Å². The molecule has 1 atom stereocenters. The largest absolute Gasteiger partial charge is 0.338 e. The highest BCUT2D eigenvalue weighted by molar-refractivity contribution is 7.99. The number of aromatic nitrogens is 2. The molecule has 1 fully saturated rings. The van der Waals surface area contributed by atoms with Crippen molar-refractivity contribution in [2.45, 2.75) is 12.5 Å². The van der Waals surface area contributed by atoms with Gasteiger partial charge in [0.1, 0.15) is 5.82 Å². The number of Topliss-reactive ketones (excluding diaryl/α,β-unsaturated/α-hetero) is 1. The zero-order valence-corrected chi connectivity index (χ0v) is 9.59. The third-order valence-corrected chi connectivity index (χ3v) is 3.63. The molecule has 4 nitrogen and oxygen atoms in total. The lowest BCUT2D eigenvalue weighted by Crippen LogP contribution is -2.44. The first-order chi connectivity index (χ1) is 7.27. The number of nitrogens with zero attached hydrogens (tertiary/aromatic N) is 2. The maximum Gasteiger partial charge on any atom is 0.158 e. The number of carbonyl (C=O) groups excluding carboxylic acids is 1. The van der Waals surface area contributed by atoms with E-state index < -0.39 is 0 Å². The predicted octanol–water partition coefficient (Wildman–Crippen LogP) is 0.237. The molecule has 1 aromatic rings. The van der Waals surface area contributed by atoms with E-state index in [0.29, 0.717) is 6.42 Å². The number of hydrogen-bond acceptors (Lipinski definition) is 4. The molecule has 1 saturated heterocycles. The minimum atomic E-state index is 0.0143. The van der Waals surface area contributed by atoms with Crippen molar-refractivity contribution >= 4 is 17.5 Å². The van der Waals surface area contributed by atoms with E-state index in [1.54, 1.807) is 6.20 Å². The zero-order valence-electron chi connectivity index (χ0n) is 8.77. The van der Waals surface area contributed by atoms with Crippen molar-refractivity contribution in [3.8, 4) is 0 Å². The summed E-state index contributed by atoms with van der Waals surface area (Å²) in [4.78, 5) is 16.0. The van der Waals surface area contributed by atoms with Crippen LogP contribution in [0.15, 0.2) is 12.4 Å². The molecule has 1 unspecified atom stereocenters. The molecular weight excluding hydrogens is 210 g/mol. The second-order valence-corrected chi connectivity index (χ2v) is 4.83. The Labute approximate surface area is 93.5 Å². The van der Waals surface area contributed by atoms with Gasteiger partial charge in [-0.15, -0.1) is 0 Å². The minimum Gasteiger partial charge on any atom is -0.338 e. The molecule has 1 aliphatic heterocycles. The minimum absolute atomic E-state index is 0.0143. The summed E-state index contributed by atoms with van der Waals surface area (Å²) in [5.41, 5.74) is 0. The van der Waals surface area contributed by atoms with Crippen LogP contribution >= 0.6 is 11.8 Å². The van der Waals surface area contributed by atoms with Crippen LogP contribution in [0.4, 0.5) is 0 Å². The van der Waals surface area contributed by atoms with Gasteiger partial charge in [0.2, 0.25) is 0 Å². The maximum absolute atomic E-state index is 11.9. The molecule has 0 amide bonds. The highest BCUT2D eigenvalue weighted by atomic mass is 32.2. The summed E-state index contributed by atoms with van der Waals surface area (Å²) in [6.45, 7) is 0.932. The number of aryl methyl sites for hydroxylation is 1. The van der Waals surface area contributed by atoms with Crippen LogP contribution in [0.3, 0.4) is 0 Å². The molecule has 0 saturated carbocycles. The molecule has 0 aliphatic carbocycles. The highest BCUT2D eigenvalue weighted by Crippen LogP contribution is 2.10. The number of ketones is 1. The molecule has 0 bridgehead atoms. The van der Waals surface area contributed by atoms with Gasteiger partial charge in [0.05, 0.1) is 12.5 Å². The summed E-state index contributed by atoms with van der Waals surface area (Å²) in [5.74, 6) is 3.09. The van der Waals surface area contributed by atoms with Crippen molar-refractivity contribution < 1.29 is 4.79 Å². The molecule has 1 aromatic heterocycles. The molecule has 1 N–H and O–H groups in total. The SMILES string of the molecule is Cn1ccnc1CC(=O)C1CSCCN1.